The van der Waals surface area contributed by atoms with Crippen LogP contribution in [0.25, 0.3) is 17.2 Å². The number of likely N-dealkylation sites (tertiary alicyclic amines) is 1. The van der Waals surface area contributed by atoms with Crippen molar-refractivity contribution in [2.24, 2.45) is 0 Å². The SMILES string of the molecule is CC.CS.Cc1ncnc(C(=O)N2CCC(c3c(CO)n(CC(=O)Nc4ccc(C(F)(F)F)cc4Cl)c4nc(-c5ccc(C#Cc6cnc(N7C[C@H]8CC[C@@H](C7)N8C7COC7)nc6)cc5)nn4c3=O)[C@@H](F)C2)c1O. The van der Waals surface area contributed by atoms with E-state index in [4.69, 9.17) is 16.3 Å². The molecule has 10 rings (SSSR count). The van der Waals surface area contributed by atoms with E-state index in [1.54, 1.807) is 42.9 Å². The average Bonchev–Trinajstić information content (AvgIpc) is 3.94. The summed E-state index contributed by atoms with van der Waals surface area (Å²) >= 11 is 9.67. The van der Waals surface area contributed by atoms with Crippen molar-refractivity contribution in [2.45, 2.75) is 89.6 Å². The number of rotatable bonds is 9. The summed E-state index contributed by atoms with van der Waals surface area (Å²) in [5.74, 6) is 3.38. The first-order valence-electron chi connectivity index (χ1n) is 23.9. The predicted molar refractivity (Wildman–Crippen MR) is 270 cm³/mol. The molecular weight excluding hydrogens is 1010 g/mol. The Labute approximate surface area is 433 Å². The van der Waals surface area contributed by atoms with Crippen LogP contribution >= 0.6 is 24.2 Å². The molecule has 0 saturated carbocycles. The molecule has 0 radical (unpaired) electrons. The number of nitrogens with zero attached hydrogens (tertiary/aromatic N) is 11. The zero-order valence-electron chi connectivity index (χ0n) is 40.7. The van der Waals surface area contributed by atoms with Gasteiger partial charge in [0.2, 0.25) is 17.6 Å². The Balaban J connectivity index is 0.00000178. The molecule has 6 aromatic rings. The molecule has 4 saturated heterocycles. The molecule has 4 aliphatic rings. The van der Waals surface area contributed by atoms with Gasteiger partial charge in [0.15, 0.2) is 17.3 Å². The summed E-state index contributed by atoms with van der Waals surface area (Å²) in [6.07, 6.45) is 1.76. The Morgan fingerprint density at radius 2 is 1.61 bits per heavy atom. The van der Waals surface area contributed by atoms with Crippen molar-refractivity contribution in [2.75, 3.05) is 55.9 Å². The van der Waals surface area contributed by atoms with Crippen LogP contribution in [-0.4, -0.2) is 141 Å². The fourth-order valence-corrected chi connectivity index (χ4v) is 9.98. The van der Waals surface area contributed by atoms with E-state index in [-0.39, 0.29) is 52.9 Å². The number of piperidine rings is 1. The summed E-state index contributed by atoms with van der Waals surface area (Å²) in [7, 11) is 0. The van der Waals surface area contributed by atoms with Crippen LogP contribution in [0.2, 0.25) is 5.02 Å². The minimum Gasteiger partial charge on any atom is -0.504 e. The van der Waals surface area contributed by atoms with E-state index in [0.29, 0.717) is 46.8 Å². The van der Waals surface area contributed by atoms with E-state index in [1.807, 2.05) is 13.8 Å². The van der Waals surface area contributed by atoms with Crippen molar-refractivity contribution in [1.82, 2.24) is 48.9 Å². The fraction of sp³-hybridized carbons (Fsp3) is 0.420. The molecule has 2 amide bonds. The van der Waals surface area contributed by atoms with Gasteiger partial charge in [-0.25, -0.2) is 24.3 Å². The number of benzene rings is 2. The monoisotopic (exact) mass is 1060 g/mol. The van der Waals surface area contributed by atoms with Crippen LogP contribution in [0.15, 0.2) is 66.0 Å². The van der Waals surface area contributed by atoms with E-state index in [9.17, 15) is 37.8 Å². The number of fused-ring (bicyclic) bond motifs is 3. The van der Waals surface area contributed by atoms with Crippen molar-refractivity contribution >= 4 is 53.5 Å². The Morgan fingerprint density at radius 3 is 2.22 bits per heavy atom. The van der Waals surface area contributed by atoms with E-state index in [2.05, 4.69) is 69.6 Å². The number of aromatic hydroxyl groups is 1. The molecule has 390 valence electrons. The molecule has 4 fully saturated rings. The maximum absolute atomic E-state index is 16.5. The van der Waals surface area contributed by atoms with Gasteiger partial charge >= 0.3 is 6.18 Å². The lowest BCUT2D eigenvalue weighted by Gasteiger charge is -2.47. The molecule has 0 spiro atoms. The minimum atomic E-state index is -4.70. The molecule has 1 unspecified atom stereocenters. The summed E-state index contributed by atoms with van der Waals surface area (Å²) in [6, 6.07) is 10.6. The Bertz CT molecular complexity index is 3130. The number of amides is 2. The number of halogens is 5. The second-order valence-electron chi connectivity index (χ2n) is 17.6. The van der Waals surface area contributed by atoms with Gasteiger partial charge in [-0.15, -0.1) is 5.10 Å². The molecule has 8 heterocycles. The van der Waals surface area contributed by atoms with Crippen LogP contribution in [0.5, 0.6) is 5.75 Å². The smallest absolute Gasteiger partial charge is 0.416 e. The van der Waals surface area contributed by atoms with E-state index >= 15 is 4.39 Å². The molecular formula is C50H53ClF4N12O6S. The van der Waals surface area contributed by atoms with E-state index < -0.39 is 71.7 Å². The van der Waals surface area contributed by atoms with Crippen LogP contribution in [0.4, 0.5) is 29.2 Å². The lowest BCUT2D eigenvalue weighted by molar-refractivity contribution is -0.137. The summed E-state index contributed by atoms with van der Waals surface area (Å²) in [4.78, 5) is 69.1. The average molecular weight is 1060 g/mol. The van der Waals surface area contributed by atoms with Crippen molar-refractivity contribution in [3.63, 3.8) is 0 Å². The largest absolute Gasteiger partial charge is 0.504 e. The second-order valence-corrected chi connectivity index (χ2v) is 18.1. The first kappa shape index (κ1) is 53.6. The van der Waals surface area contributed by atoms with Gasteiger partial charge < -0.3 is 34.6 Å². The molecule has 74 heavy (non-hydrogen) atoms. The topological polar surface area (TPSA) is 209 Å². The molecule has 24 heteroatoms. The molecule has 18 nitrogen and oxygen atoms in total. The number of aliphatic hydroxyl groups is 1. The normalized spacial score (nSPS) is 19.6. The van der Waals surface area contributed by atoms with Crippen LogP contribution < -0.4 is 15.8 Å². The van der Waals surface area contributed by atoms with Gasteiger partial charge in [0.1, 0.15) is 19.0 Å². The first-order chi connectivity index (χ1) is 35.6. The highest BCUT2D eigenvalue weighted by Gasteiger charge is 2.46. The van der Waals surface area contributed by atoms with E-state index in [0.717, 1.165) is 67.0 Å². The minimum absolute atomic E-state index is 0.0223. The van der Waals surface area contributed by atoms with Gasteiger partial charge in [-0.3, -0.25) is 19.3 Å². The Kier molecular flexibility index (Phi) is 16.5. The maximum Gasteiger partial charge on any atom is 0.416 e. The highest BCUT2D eigenvalue weighted by atomic mass is 35.5. The summed E-state index contributed by atoms with van der Waals surface area (Å²) in [5, 5.41) is 27.9. The van der Waals surface area contributed by atoms with Crippen molar-refractivity contribution < 1.29 is 42.1 Å². The number of nitrogens with one attached hydrogen (secondary N) is 1. The first-order valence-corrected chi connectivity index (χ1v) is 25.2. The number of ether oxygens (including phenoxy) is 1. The number of hydrogen-bond acceptors (Lipinski definition) is 15. The summed E-state index contributed by atoms with van der Waals surface area (Å²) in [5.41, 5.74) is -0.958. The number of piperazine rings is 1. The third-order valence-electron chi connectivity index (χ3n) is 13.3. The zero-order valence-corrected chi connectivity index (χ0v) is 42.4. The molecule has 4 aromatic heterocycles. The summed E-state index contributed by atoms with van der Waals surface area (Å²) in [6.45, 7) is 6.61. The third-order valence-corrected chi connectivity index (χ3v) is 13.6. The van der Waals surface area contributed by atoms with Gasteiger partial charge in [-0.1, -0.05) is 37.3 Å². The molecule has 2 bridgehead atoms. The standard InChI is InChI=1S/C47H43ClF4N12O6.C2H6.CH4S/c1-25-41(67)40(56-24-55-25)44(69)60-13-12-33(35(49)19-60)39-37(21-65)62(20-38(66)57-36-11-8-29(14-34(36)48)47(50,51)52)46-58-42(59-64(46)43(39)68)28-6-4-26(5-7-28)2-3-27-15-53-45(54-16-27)61-17-30-9-10-31(18-61)63(30)32-22-70-23-32;2*1-2/h4-8,11,14-16,24,30-33,35,65,67H,9-10,12-13,17-23H2,1H3,(H,57,66);1-2H3;2H,1H3/t30-,31+,33?,35-;;/m0../s1. The Morgan fingerprint density at radius 1 is 0.932 bits per heavy atom. The number of thiol groups is 1. The molecule has 4 aliphatic heterocycles. The van der Waals surface area contributed by atoms with Crippen LogP contribution in [0, 0.1) is 18.8 Å². The molecule has 0 aliphatic carbocycles. The van der Waals surface area contributed by atoms with Crippen LogP contribution in [0.3, 0.4) is 0 Å². The Hall–Kier alpha value is -6.71. The number of aromatic nitrogens is 8. The number of aliphatic hydroxyl groups excluding tert-OH is 1. The number of carbonyl (C=O) groups is 2. The fourth-order valence-electron chi connectivity index (χ4n) is 9.75. The quantitative estimate of drug-likeness (QED) is 0.0751. The lowest BCUT2D eigenvalue weighted by atomic mass is 9.87. The second kappa shape index (κ2) is 22.8. The van der Waals surface area contributed by atoms with Crippen molar-refractivity contribution in [3.8, 4) is 29.0 Å². The predicted octanol–water partition coefficient (Wildman–Crippen LogP) is 5.95. The lowest BCUT2D eigenvalue weighted by Crippen LogP contribution is -2.62. The third kappa shape index (κ3) is 10.9. The van der Waals surface area contributed by atoms with Crippen molar-refractivity contribution in [1.29, 1.82) is 0 Å². The van der Waals surface area contributed by atoms with Gasteiger partial charge in [0.05, 0.1) is 65.6 Å². The zero-order chi connectivity index (χ0) is 53.0. The highest BCUT2D eigenvalue weighted by molar-refractivity contribution is 7.79. The number of alkyl halides is 4. The number of hydrogen-bond donors (Lipinski definition) is 4. The number of aryl methyl sites for hydroxylation is 1. The van der Waals surface area contributed by atoms with Crippen LogP contribution in [-0.2, 0) is 28.9 Å². The molecule has 3 N–H and O–H groups in total. The van der Waals surface area contributed by atoms with Gasteiger partial charge in [0.25, 0.3) is 11.5 Å². The molecule has 4 atom stereocenters. The van der Waals surface area contributed by atoms with Crippen LogP contribution in [0.1, 0.15) is 83.2 Å². The van der Waals surface area contributed by atoms with Gasteiger partial charge in [0, 0.05) is 66.7 Å². The number of anilines is 2. The summed E-state index contributed by atoms with van der Waals surface area (Å²) < 4.78 is 64.1. The van der Waals surface area contributed by atoms with Gasteiger partial charge in [-0.05, 0) is 74.9 Å². The van der Waals surface area contributed by atoms with Gasteiger partial charge in [-0.2, -0.15) is 35.3 Å². The highest BCUT2D eigenvalue weighted by Crippen LogP contribution is 2.37. The van der Waals surface area contributed by atoms with E-state index in [1.165, 1.54) is 11.5 Å². The maximum atomic E-state index is 16.5. The van der Waals surface area contributed by atoms with Crippen molar-refractivity contribution in [3.05, 3.63) is 116 Å². The molecule has 2 aromatic carbocycles. The number of carbonyl (C=O) groups excluding carboxylic acids is 2.